The Balaban J connectivity index is 2.63. The molecule has 54 valence electrons. The van der Waals surface area contributed by atoms with Gasteiger partial charge in [-0.2, -0.15) is 4.79 Å². The molecule has 1 aliphatic heterocycles. The average Bonchev–Trinajstić information content (AvgIpc) is 2.04. The minimum atomic E-state index is -1.45. The number of rotatable bonds is 0. The molecular formula is C3O7. The second-order valence-electron chi connectivity index (χ2n) is 1.16. The first kappa shape index (κ1) is 6.33. The fourth-order valence-corrected chi connectivity index (χ4v) is 0.226. The van der Waals surface area contributed by atoms with E-state index in [0.29, 0.717) is 0 Å². The topological polar surface area (TPSA) is 88.1 Å². The van der Waals surface area contributed by atoms with Gasteiger partial charge in [0.15, 0.2) is 0 Å². The van der Waals surface area contributed by atoms with Gasteiger partial charge in [-0.15, -0.1) is 0 Å². The van der Waals surface area contributed by atoms with E-state index >= 15 is 0 Å². The van der Waals surface area contributed by atoms with Crippen molar-refractivity contribution in [3.63, 3.8) is 0 Å². The molecule has 1 saturated heterocycles. The van der Waals surface area contributed by atoms with Crippen molar-refractivity contribution in [1.82, 2.24) is 0 Å². The van der Waals surface area contributed by atoms with E-state index in [1.165, 1.54) is 0 Å². The standard InChI is InChI=1S/C3O7/c4-1-2(5)8-10-3(6)9-7-1. The molecule has 1 aliphatic rings. The Kier molecular flexibility index (Phi) is 1.40. The van der Waals surface area contributed by atoms with Gasteiger partial charge in [-0.1, -0.05) is 0 Å². The molecule has 1 fully saturated rings. The Labute approximate surface area is 53.3 Å². The molecule has 1 heterocycles. The molecule has 0 bridgehead atoms. The van der Waals surface area contributed by atoms with Gasteiger partial charge in [-0.25, -0.2) is 29.1 Å². The van der Waals surface area contributed by atoms with Crippen LogP contribution < -0.4 is 0 Å². The third-order valence-corrected chi connectivity index (χ3v) is 0.537. The average molecular weight is 148 g/mol. The maximum atomic E-state index is 10.1. The first-order valence-electron chi connectivity index (χ1n) is 2.01. The Bertz CT molecular complexity index is 173. The summed E-state index contributed by atoms with van der Waals surface area (Å²) >= 11 is 0. The van der Waals surface area contributed by atoms with Crippen molar-refractivity contribution in [1.29, 1.82) is 0 Å². The molecule has 0 radical (unpaired) electrons. The quantitative estimate of drug-likeness (QED) is 0.323. The summed E-state index contributed by atoms with van der Waals surface area (Å²) < 4.78 is 0. The number of hydrogen-bond acceptors (Lipinski definition) is 7. The Morgan fingerprint density at radius 2 is 1.10 bits per heavy atom. The van der Waals surface area contributed by atoms with E-state index in [9.17, 15) is 14.4 Å². The summed E-state index contributed by atoms with van der Waals surface area (Å²) in [4.78, 5) is 44.3. The van der Waals surface area contributed by atoms with Crippen LogP contribution in [0.4, 0.5) is 4.79 Å². The smallest absolute Gasteiger partial charge is 0.233 e. The predicted molar refractivity (Wildman–Crippen MR) is 19.8 cm³/mol. The molecule has 0 atom stereocenters. The number of carbonyl (C=O) groups excluding carboxylic acids is 3. The molecule has 0 unspecified atom stereocenters. The van der Waals surface area contributed by atoms with Gasteiger partial charge in [-0.05, 0) is 0 Å². The molecule has 0 aromatic heterocycles. The molecule has 0 N–H and O–H groups in total. The lowest BCUT2D eigenvalue weighted by atomic mass is 10.7. The Morgan fingerprint density at radius 3 is 1.50 bits per heavy atom. The molecule has 0 aromatic rings. The number of carbonyl (C=O) groups is 3. The lowest BCUT2D eigenvalue weighted by Crippen LogP contribution is -2.15. The van der Waals surface area contributed by atoms with Gasteiger partial charge in [0.1, 0.15) is 0 Å². The Hall–Kier alpha value is -1.79. The van der Waals surface area contributed by atoms with Crippen molar-refractivity contribution >= 4 is 18.1 Å². The van der Waals surface area contributed by atoms with Gasteiger partial charge in [0.05, 0.1) is 0 Å². The zero-order valence-corrected chi connectivity index (χ0v) is 4.36. The van der Waals surface area contributed by atoms with Gasteiger partial charge in [0.25, 0.3) is 0 Å². The maximum absolute atomic E-state index is 10.1. The minimum absolute atomic E-state index is 1.42. The molecule has 7 nitrogen and oxygen atoms in total. The SMILES string of the molecule is O=C1OOC(=O)C(=O)OO1. The number of hydrogen-bond donors (Lipinski definition) is 0. The van der Waals surface area contributed by atoms with Crippen LogP contribution in [0.3, 0.4) is 0 Å². The lowest BCUT2D eigenvalue weighted by Gasteiger charge is -1.88. The summed E-state index contributed by atoms with van der Waals surface area (Å²) in [6.45, 7) is 0. The van der Waals surface area contributed by atoms with Crippen LogP contribution in [-0.4, -0.2) is 18.1 Å². The zero-order chi connectivity index (χ0) is 7.56. The lowest BCUT2D eigenvalue weighted by molar-refractivity contribution is -0.258. The molecule has 0 aliphatic carbocycles. The van der Waals surface area contributed by atoms with Crippen LogP contribution in [0.15, 0.2) is 0 Å². The molecule has 10 heavy (non-hydrogen) atoms. The summed E-state index contributed by atoms with van der Waals surface area (Å²) in [5.74, 6) is -2.91. The van der Waals surface area contributed by atoms with Crippen LogP contribution in [0.2, 0.25) is 0 Å². The van der Waals surface area contributed by atoms with Crippen molar-refractivity contribution in [3.05, 3.63) is 0 Å². The highest BCUT2D eigenvalue weighted by Crippen LogP contribution is 1.96. The summed E-state index contributed by atoms with van der Waals surface area (Å²) in [5, 5.41) is 0. The second kappa shape index (κ2) is 2.21. The van der Waals surface area contributed by atoms with Gasteiger partial charge in [-0.3, -0.25) is 0 Å². The zero-order valence-electron chi connectivity index (χ0n) is 4.36. The first-order chi connectivity index (χ1) is 4.70. The molecule has 0 aromatic carbocycles. The van der Waals surface area contributed by atoms with Crippen LogP contribution in [0.1, 0.15) is 0 Å². The van der Waals surface area contributed by atoms with E-state index in [-0.39, 0.29) is 0 Å². The van der Waals surface area contributed by atoms with Gasteiger partial charge >= 0.3 is 18.1 Å². The van der Waals surface area contributed by atoms with Gasteiger partial charge in [0, 0.05) is 0 Å². The van der Waals surface area contributed by atoms with Crippen molar-refractivity contribution in [3.8, 4) is 0 Å². The minimum Gasteiger partial charge on any atom is -0.233 e. The van der Waals surface area contributed by atoms with E-state index in [1.807, 2.05) is 0 Å². The normalized spacial score (nSPS) is 17.8. The first-order valence-corrected chi connectivity index (χ1v) is 2.01. The van der Waals surface area contributed by atoms with Crippen LogP contribution in [0, 0.1) is 0 Å². The van der Waals surface area contributed by atoms with E-state index in [2.05, 4.69) is 19.6 Å². The predicted octanol–water partition coefficient (Wildman–Crippen LogP) is -0.930. The van der Waals surface area contributed by atoms with Crippen LogP contribution in [0.25, 0.3) is 0 Å². The molecule has 0 spiro atoms. The molecule has 7 heteroatoms. The highest BCUT2D eigenvalue weighted by atomic mass is 17.3. The monoisotopic (exact) mass is 148 g/mol. The fourth-order valence-electron chi connectivity index (χ4n) is 0.226. The van der Waals surface area contributed by atoms with Crippen molar-refractivity contribution < 1.29 is 33.9 Å². The Morgan fingerprint density at radius 1 is 0.700 bits per heavy atom. The molecule has 0 amide bonds. The van der Waals surface area contributed by atoms with Crippen molar-refractivity contribution in [2.75, 3.05) is 0 Å². The third-order valence-electron chi connectivity index (χ3n) is 0.537. The van der Waals surface area contributed by atoms with Crippen LogP contribution >= 0.6 is 0 Å². The van der Waals surface area contributed by atoms with E-state index in [4.69, 9.17) is 0 Å². The van der Waals surface area contributed by atoms with Crippen molar-refractivity contribution in [2.24, 2.45) is 0 Å². The van der Waals surface area contributed by atoms with Gasteiger partial charge in [0.2, 0.25) is 0 Å². The summed E-state index contributed by atoms with van der Waals surface area (Å²) in [7, 11) is 0. The van der Waals surface area contributed by atoms with E-state index in [0.717, 1.165) is 0 Å². The second-order valence-corrected chi connectivity index (χ2v) is 1.16. The maximum Gasteiger partial charge on any atom is 0.592 e. The summed E-state index contributed by atoms with van der Waals surface area (Å²) in [5.41, 5.74) is 0. The molecule has 0 saturated carbocycles. The fraction of sp³-hybridized carbons (Fsp3) is 0. The molecular weight excluding hydrogens is 148 g/mol. The van der Waals surface area contributed by atoms with E-state index in [1.54, 1.807) is 0 Å². The summed E-state index contributed by atoms with van der Waals surface area (Å²) in [6, 6.07) is 0. The third kappa shape index (κ3) is 1.13. The molecule has 1 rings (SSSR count). The van der Waals surface area contributed by atoms with E-state index < -0.39 is 18.1 Å². The highest BCUT2D eigenvalue weighted by Gasteiger charge is 2.28. The van der Waals surface area contributed by atoms with Crippen LogP contribution in [0.5, 0.6) is 0 Å². The summed E-state index contributed by atoms with van der Waals surface area (Å²) in [6.07, 6.45) is -1.42. The van der Waals surface area contributed by atoms with Crippen LogP contribution in [-0.2, 0) is 29.1 Å². The van der Waals surface area contributed by atoms with Gasteiger partial charge < -0.3 is 0 Å². The highest BCUT2D eigenvalue weighted by molar-refractivity contribution is 6.29. The largest absolute Gasteiger partial charge is 0.592 e. The van der Waals surface area contributed by atoms with Crippen molar-refractivity contribution in [2.45, 2.75) is 0 Å².